The summed E-state index contributed by atoms with van der Waals surface area (Å²) in [5.41, 5.74) is 0. The molecule has 1 aliphatic rings. The number of para-hydroxylation sites is 1. The fourth-order valence-corrected chi connectivity index (χ4v) is 2.13. The number of aliphatic hydroxyl groups is 2. The second-order valence-corrected chi connectivity index (χ2v) is 4.87. The SMILES string of the molecule is O=C(CCOc1ccccc1Cl)N1CC(O)C(O)C1. The number of likely N-dealkylation sites (tertiary alicyclic amines) is 1. The van der Waals surface area contributed by atoms with E-state index in [0.29, 0.717) is 10.8 Å². The molecule has 0 bridgehead atoms. The van der Waals surface area contributed by atoms with E-state index in [-0.39, 0.29) is 32.0 Å². The van der Waals surface area contributed by atoms with Crippen molar-refractivity contribution in [3.63, 3.8) is 0 Å². The molecule has 104 valence electrons. The van der Waals surface area contributed by atoms with Crippen molar-refractivity contribution in [3.05, 3.63) is 29.3 Å². The third-order valence-corrected chi connectivity index (χ3v) is 3.33. The molecule has 1 saturated heterocycles. The molecule has 1 heterocycles. The molecule has 1 amide bonds. The molecule has 2 rings (SSSR count). The number of aliphatic hydroxyl groups excluding tert-OH is 2. The molecule has 1 fully saturated rings. The Morgan fingerprint density at radius 2 is 1.95 bits per heavy atom. The van der Waals surface area contributed by atoms with Crippen LogP contribution < -0.4 is 4.74 Å². The third kappa shape index (κ3) is 3.59. The highest BCUT2D eigenvalue weighted by Gasteiger charge is 2.32. The summed E-state index contributed by atoms with van der Waals surface area (Å²) in [4.78, 5) is 13.2. The van der Waals surface area contributed by atoms with Gasteiger partial charge in [0.05, 0.1) is 30.3 Å². The molecule has 1 aliphatic heterocycles. The largest absolute Gasteiger partial charge is 0.491 e. The Morgan fingerprint density at radius 1 is 1.32 bits per heavy atom. The maximum atomic E-state index is 11.8. The van der Waals surface area contributed by atoms with E-state index in [2.05, 4.69) is 0 Å². The van der Waals surface area contributed by atoms with Crippen molar-refractivity contribution in [3.8, 4) is 5.75 Å². The minimum Gasteiger partial charge on any atom is -0.491 e. The summed E-state index contributed by atoms with van der Waals surface area (Å²) in [6, 6.07) is 7.05. The van der Waals surface area contributed by atoms with Gasteiger partial charge in [-0.05, 0) is 12.1 Å². The van der Waals surface area contributed by atoms with Crippen molar-refractivity contribution in [2.45, 2.75) is 18.6 Å². The summed E-state index contributed by atoms with van der Waals surface area (Å²) in [7, 11) is 0. The smallest absolute Gasteiger partial charge is 0.226 e. The van der Waals surface area contributed by atoms with Crippen LogP contribution in [0.15, 0.2) is 24.3 Å². The molecule has 2 atom stereocenters. The number of β-amino-alcohol motifs (C(OH)–C–C–N with tert-alkyl or cyclic N) is 2. The summed E-state index contributed by atoms with van der Waals surface area (Å²) in [6.07, 6.45) is -1.52. The first kappa shape index (κ1) is 14.1. The van der Waals surface area contributed by atoms with Crippen molar-refractivity contribution >= 4 is 17.5 Å². The number of benzene rings is 1. The summed E-state index contributed by atoms with van der Waals surface area (Å²) >= 11 is 5.92. The molecule has 1 aromatic carbocycles. The Morgan fingerprint density at radius 3 is 2.58 bits per heavy atom. The predicted molar refractivity (Wildman–Crippen MR) is 70.2 cm³/mol. The van der Waals surface area contributed by atoms with Crippen LogP contribution in [0, 0.1) is 0 Å². The lowest BCUT2D eigenvalue weighted by molar-refractivity contribution is -0.131. The van der Waals surface area contributed by atoms with Gasteiger partial charge in [-0.25, -0.2) is 0 Å². The van der Waals surface area contributed by atoms with Gasteiger partial charge in [0.1, 0.15) is 5.75 Å². The van der Waals surface area contributed by atoms with Crippen LogP contribution in [0.4, 0.5) is 0 Å². The highest BCUT2D eigenvalue weighted by Crippen LogP contribution is 2.23. The second kappa shape index (κ2) is 6.23. The number of ether oxygens (including phenoxy) is 1. The zero-order chi connectivity index (χ0) is 13.8. The maximum absolute atomic E-state index is 11.8. The maximum Gasteiger partial charge on any atom is 0.226 e. The van der Waals surface area contributed by atoms with E-state index in [1.54, 1.807) is 24.3 Å². The first-order valence-corrected chi connectivity index (χ1v) is 6.47. The van der Waals surface area contributed by atoms with Crippen molar-refractivity contribution in [1.29, 1.82) is 0 Å². The molecule has 6 heteroatoms. The topological polar surface area (TPSA) is 70.0 Å². The number of hydrogen-bond acceptors (Lipinski definition) is 4. The van der Waals surface area contributed by atoms with Crippen LogP contribution in [-0.4, -0.2) is 52.9 Å². The molecule has 5 nitrogen and oxygen atoms in total. The molecule has 0 aliphatic carbocycles. The van der Waals surface area contributed by atoms with Crippen LogP contribution >= 0.6 is 11.6 Å². The standard InChI is InChI=1S/C13H16ClNO4/c14-9-3-1-2-4-12(9)19-6-5-13(18)15-7-10(16)11(17)8-15/h1-4,10-11,16-17H,5-8H2. The number of halogens is 1. The number of amides is 1. The van der Waals surface area contributed by atoms with Crippen molar-refractivity contribution in [1.82, 2.24) is 4.90 Å². The van der Waals surface area contributed by atoms with Crippen LogP contribution in [0.2, 0.25) is 5.02 Å². The van der Waals surface area contributed by atoms with Gasteiger partial charge in [-0.1, -0.05) is 23.7 Å². The van der Waals surface area contributed by atoms with Crippen LogP contribution in [0.1, 0.15) is 6.42 Å². The number of rotatable bonds is 4. The van der Waals surface area contributed by atoms with E-state index in [9.17, 15) is 15.0 Å². The average Bonchev–Trinajstić information content (AvgIpc) is 2.72. The fraction of sp³-hybridized carbons (Fsp3) is 0.462. The molecule has 0 radical (unpaired) electrons. The van der Waals surface area contributed by atoms with Gasteiger partial charge in [0.2, 0.25) is 5.91 Å². The van der Waals surface area contributed by atoms with Gasteiger partial charge in [0.15, 0.2) is 0 Å². The molecule has 0 saturated carbocycles. The first-order valence-electron chi connectivity index (χ1n) is 6.09. The van der Waals surface area contributed by atoms with E-state index in [4.69, 9.17) is 16.3 Å². The molecule has 0 spiro atoms. The first-order chi connectivity index (χ1) is 9.08. The van der Waals surface area contributed by atoms with E-state index >= 15 is 0 Å². The zero-order valence-electron chi connectivity index (χ0n) is 10.3. The Bertz CT molecular complexity index is 444. The summed E-state index contributed by atoms with van der Waals surface area (Å²) < 4.78 is 5.42. The second-order valence-electron chi connectivity index (χ2n) is 4.46. The Kier molecular flexibility index (Phi) is 4.63. The minimum atomic E-state index is -0.853. The van der Waals surface area contributed by atoms with Gasteiger partial charge in [-0.3, -0.25) is 4.79 Å². The minimum absolute atomic E-state index is 0.150. The number of carbonyl (C=O) groups is 1. The normalized spacial score (nSPS) is 22.6. The molecule has 0 aromatic heterocycles. The van der Waals surface area contributed by atoms with E-state index < -0.39 is 12.2 Å². The van der Waals surface area contributed by atoms with Gasteiger partial charge in [0.25, 0.3) is 0 Å². The Balaban J connectivity index is 1.77. The van der Waals surface area contributed by atoms with E-state index in [0.717, 1.165) is 0 Å². The summed E-state index contributed by atoms with van der Waals surface area (Å²) in [5.74, 6) is 0.390. The van der Waals surface area contributed by atoms with Crippen LogP contribution in [0.25, 0.3) is 0 Å². The highest BCUT2D eigenvalue weighted by molar-refractivity contribution is 6.32. The van der Waals surface area contributed by atoms with Gasteiger partial charge >= 0.3 is 0 Å². The van der Waals surface area contributed by atoms with Crippen molar-refractivity contribution < 1.29 is 19.7 Å². The third-order valence-electron chi connectivity index (χ3n) is 3.02. The lowest BCUT2D eigenvalue weighted by Crippen LogP contribution is -2.30. The van der Waals surface area contributed by atoms with Gasteiger partial charge in [-0.15, -0.1) is 0 Å². The number of hydrogen-bond donors (Lipinski definition) is 2. The molecular formula is C13H16ClNO4. The molecule has 2 unspecified atom stereocenters. The van der Waals surface area contributed by atoms with Crippen molar-refractivity contribution in [2.75, 3.05) is 19.7 Å². The highest BCUT2D eigenvalue weighted by atomic mass is 35.5. The number of nitrogens with zero attached hydrogens (tertiary/aromatic N) is 1. The van der Waals surface area contributed by atoms with Crippen LogP contribution in [0.5, 0.6) is 5.75 Å². The van der Waals surface area contributed by atoms with Gasteiger partial charge in [-0.2, -0.15) is 0 Å². The van der Waals surface area contributed by atoms with Crippen LogP contribution in [-0.2, 0) is 4.79 Å². The number of carbonyl (C=O) groups excluding carboxylic acids is 1. The van der Waals surface area contributed by atoms with Crippen LogP contribution in [0.3, 0.4) is 0 Å². The Hall–Kier alpha value is -1.30. The monoisotopic (exact) mass is 285 g/mol. The quantitative estimate of drug-likeness (QED) is 0.853. The van der Waals surface area contributed by atoms with E-state index in [1.807, 2.05) is 0 Å². The lowest BCUT2D eigenvalue weighted by atomic mass is 10.3. The fourth-order valence-electron chi connectivity index (χ4n) is 1.94. The zero-order valence-corrected chi connectivity index (χ0v) is 11.1. The predicted octanol–water partition coefficient (Wildman–Crippen LogP) is 0.673. The summed E-state index contributed by atoms with van der Waals surface area (Å²) in [6.45, 7) is 0.559. The summed E-state index contributed by atoms with van der Waals surface area (Å²) in [5, 5.41) is 19.2. The lowest BCUT2D eigenvalue weighted by Gasteiger charge is -2.15. The molecule has 19 heavy (non-hydrogen) atoms. The average molecular weight is 286 g/mol. The Labute approximate surface area is 116 Å². The van der Waals surface area contributed by atoms with E-state index in [1.165, 1.54) is 4.90 Å². The van der Waals surface area contributed by atoms with Crippen molar-refractivity contribution in [2.24, 2.45) is 0 Å². The van der Waals surface area contributed by atoms with Gasteiger partial charge < -0.3 is 19.8 Å². The molecular weight excluding hydrogens is 270 g/mol. The van der Waals surface area contributed by atoms with Gasteiger partial charge in [0, 0.05) is 13.1 Å². The molecule has 1 aromatic rings. The molecule has 2 N–H and O–H groups in total.